The van der Waals surface area contributed by atoms with E-state index >= 15 is 0 Å². The Labute approximate surface area is 115 Å². The molecule has 2 rings (SSSR count). The molecule has 106 valence electrons. The lowest BCUT2D eigenvalue weighted by Gasteiger charge is -2.31. The first-order valence-electron chi connectivity index (χ1n) is 7.39. The molecular weight excluding hydrogens is 241 g/mol. The molecule has 0 saturated carbocycles. The van der Waals surface area contributed by atoms with Crippen molar-refractivity contribution in [1.29, 1.82) is 0 Å². The maximum absolute atomic E-state index is 13.3. The molecule has 0 bridgehead atoms. The Hall–Kier alpha value is -0.930. The molecule has 2 atom stereocenters. The Balaban J connectivity index is 1.99. The fourth-order valence-electron chi connectivity index (χ4n) is 2.67. The van der Waals surface area contributed by atoms with Gasteiger partial charge in [0.25, 0.3) is 0 Å². The number of nitrogens with one attached hydrogen (secondary N) is 1. The van der Waals surface area contributed by atoms with Crippen LogP contribution in [-0.4, -0.2) is 25.3 Å². The van der Waals surface area contributed by atoms with E-state index in [0.29, 0.717) is 6.04 Å². The van der Waals surface area contributed by atoms with Crippen LogP contribution in [0.25, 0.3) is 0 Å². The van der Waals surface area contributed by atoms with Gasteiger partial charge in [0, 0.05) is 12.6 Å². The summed E-state index contributed by atoms with van der Waals surface area (Å²) in [5.41, 5.74) is 1.04. The summed E-state index contributed by atoms with van der Waals surface area (Å²) in [4.78, 5) is 0. The highest BCUT2D eigenvalue weighted by Crippen LogP contribution is 2.19. The maximum atomic E-state index is 13.3. The van der Waals surface area contributed by atoms with Crippen molar-refractivity contribution in [2.75, 3.05) is 13.2 Å². The molecule has 1 saturated heterocycles. The van der Waals surface area contributed by atoms with E-state index in [0.717, 1.165) is 44.4 Å². The summed E-state index contributed by atoms with van der Waals surface area (Å²) in [6.45, 7) is 4.01. The second kappa shape index (κ2) is 7.61. The van der Waals surface area contributed by atoms with Crippen molar-refractivity contribution in [1.82, 2.24) is 5.32 Å². The monoisotopic (exact) mass is 265 g/mol. The van der Waals surface area contributed by atoms with Crippen molar-refractivity contribution >= 4 is 0 Å². The largest absolute Gasteiger partial charge is 0.377 e. The number of halogens is 1. The van der Waals surface area contributed by atoms with Crippen LogP contribution in [0.1, 0.15) is 38.2 Å². The molecular formula is C16H24FNO. The summed E-state index contributed by atoms with van der Waals surface area (Å²) >= 11 is 0. The van der Waals surface area contributed by atoms with E-state index in [4.69, 9.17) is 4.74 Å². The second-order valence-electron chi connectivity index (χ2n) is 5.30. The molecule has 0 aliphatic carbocycles. The van der Waals surface area contributed by atoms with Crippen molar-refractivity contribution < 1.29 is 9.13 Å². The van der Waals surface area contributed by atoms with Crippen LogP contribution in [0.2, 0.25) is 0 Å². The first-order valence-corrected chi connectivity index (χ1v) is 7.39. The van der Waals surface area contributed by atoms with Gasteiger partial charge in [0.1, 0.15) is 5.82 Å². The first kappa shape index (κ1) is 14.5. The summed E-state index contributed by atoms with van der Waals surface area (Å²) in [7, 11) is 0. The Kier molecular flexibility index (Phi) is 5.80. The van der Waals surface area contributed by atoms with Crippen molar-refractivity contribution in [3.05, 3.63) is 35.6 Å². The van der Waals surface area contributed by atoms with E-state index in [9.17, 15) is 4.39 Å². The third-order valence-electron chi connectivity index (χ3n) is 3.66. The van der Waals surface area contributed by atoms with Crippen molar-refractivity contribution in [3.63, 3.8) is 0 Å². The van der Waals surface area contributed by atoms with E-state index < -0.39 is 0 Å². The van der Waals surface area contributed by atoms with E-state index in [1.54, 1.807) is 12.1 Å². The fraction of sp³-hybridized carbons (Fsp3) is 0.625. The van der Waals surface area contributed by atoms with Gasteiger partial charge >= 0.3 is 0 Å². The first-order chi connectivity index (χ1) is 9.29. The van der Waals surface area contributed by atoms with Crippen molar-refractivity contribution in [2.45, 2.75) is 51.2 Å². The predicted octanol–water partition coefficient (Wildman–Crippen LogP) is 3.31. The lowest BCUT2D eigenvalue weighted by Crippen LogP contribution is -2.44. The third-order valence-corrected chi connectivity index (χ3v) is 3.66. The molecule has 1 aromatic carbocycles. The molecule has 1 fully saturated rings. The Morgan fingerprint density at radius 1 is 1.42 bits per heavy atom. The Morgan fingerprint density at radius 2 is 2.32 bits per heavy atom. The topological polar surface area (TPSA) is 21.3 Å². The van der Waals surface area contributed by atoms with Gasteiger partial charge in [-0.25, -0.2) is 4.39 Å². The van der Waals surface area contributed by atoms with Crippen LogP contribution in [0.5, 0.6) is 0 Å². The highest BCUT2D eigenvalue weighted by atomic mass is 19.1. The smallest absolute Gasteiger partial charge is 0.123 e. The van der Waals surface area contributed by atoms with Crippen molar-refractivity contribution in [2.24, 2.45) is 0 Å². The van der Waals surface area contributed by atoms with Gasteiger partial charge in [0.2, 0.25) is 0 Å². The number of hydrogen-bond acceptors (Lipinski definition) is 2. The minimum absolute atomic E-state index is 0.156. The van der Waals surface area contributed by atoms with Crippen LogP contribution in [0.3, 0.4) is 0 Å². The highest BCUT2D eigenvalue weighted by Gasteiger charge is 2.24. The van der Waals surface area contributed by atoms with Crippen LogP contribution in [-0.2, 0) is 11.2 Å². The van der Waals surface area contributed by atoms with E-state index in [-0.39, 0.29) is 11.9 Å². The molecule has 1 aromatic rings. The normalized spacial score (nSPS) is 21.3. The van der Waals surface area contributed by atoms with Crippen LogP contribution < -0.4 is 5.32 Å². The average molecular weight is 265 g/mol. The molecule has 19 heavy (non-hydrogen) atoms. The molecule has 1 aliphatic rings. The van der Waals surface area contributed by atoms with Gasteiger partial charge in [-0.2, -0.15) is 0 Å². The molecule has 0 spiro atoms. The molecule has 0 amide bonds. The van der Waals surface area contributed by atoms with Crippen LogP contribution in [0, 0.1) is 5.82 Å². The van der Waals surface area contributed by atoms with Gasteiger partial charge < -0.3 is 10.1 Å². The zero-order chi connectivity index (χ0) is 13.5. The molecule has 1 heterocycles. The number of rotatable bonds is 6. The maximum Gasteiger partial charge on any atom is 0.123 e. The van der Waals surface area contributed by atoms with Crippen LogP contribution in [0.15, 0.2) is 24.3 Å². The fourth-order valence-corrected chi connectivity index (χ4v) is 2.67. The zero-order valence-electron chi connectivity index (χ0n) is 11.7. The van der Waals surface area contributed by atoms with E-state index in [1.165, 1.54) is 12.5 Å². The van der Waals surface area contributed by atoms with Gasteiger partial charge in [-0.15, -0.1) is 0 Å². The molecule has 0 radical (unpaired) electrons. The lowest BCUT2D eigenvalue weighted by atomic mass is 9.96. The SMILES string of the molecule is CCCNC(Cc1cccc(F)c1)C1CCCCO1. The summed E-state index contributed by atoms with van der Waals surface area (Å²) < 4.78 is 19.1. The number of benzene rings is 1. The minimum atomic E-state index is -0.156. The molecule has 2 nitrogen and oxygen atoms in total. The molecule has 1 N–H and O–H groups in total. The second-order valence-corrected chi connectivity index (χ2v) is 5.30. The highest BCUT2D eigenvalue weighted by molar-refractivity contribution is 5.17. The van der Waals surface area contributed by atoms with Gasteiger partial charge in [0.05, 0.1) is 6.10 Å². The van der Waals surface area contributed by atoms with Crippen molar-refractivity contribution in [3.8, 4) is 0 Å². The van der Waals surface area contributed by atoms with Gasteiger partial charge in [-0.3, -0.25) is 0 Å². The zero-order valence-corrected chi connectivity index (χ0v) is 11.7. The standard InChI is InChI=1S/C16H24FNO/c1-2-9-18-15(16-8-3-4-10-19-16)12-13-6-5-7-14(17)11-13/h5-7,11,15-16,18H,2-4,8-10,12H2,1H3. The summed E-state index contributed by atoms with van der Waals surface area (Å²) in [6.07, 6.45) is 5.71. The predicted molar refractivity (Wildman–Crippen MR) is 75.8 cm³/mol. The van der Waals surface area contributed by atoms with E-state index in [1.807, 2.05) is 6.07 Å². The van der Waals surface area contributed by atoms with Gasteiger partial charge in [-0.05, 0) is 56.3 Å². The molecule has 1 aliphatic heterocycles. The van der Waals surface area contributed by atoms with Gasteiger partial charge in [-0.1, -0.05) is 19.1 Å². The Morgan fingerprint density at radius 3 is 3.00 bits per heavy atom. The molecule has 2 unspecified atom stereocenters. The van der Waals surface area contributed by atoms with Gasteiger partial charge in [0.15, 0.2) is 0 Å². The molecule has 0 aromatic heterocycles. The quantitative estimate of drug-likeness (QED) is 0.852. The Bertz CT molecular complexity index is 377. The van der Waals surface area contributed by atoms with Crippen LogP contribution in [0.4, 0.5) is 4.39 Å². The number of ether oxygens (including phenoxy) is 1. The summed E-state index contributed by atoms with van der Waals surface area (Å²) in [5.74, 6) is -0.156. The lowest BCUT2D eigenvalue weighted by molar-refractivity contribution is -0.00738. The minimum Gasteiger partial charge on any atom is -0.377 e. The van der Waals surface area contributed by atoms with E-state index in [2.05, 4.69) is 12.2 Å². The number of hydrogen-bond donors (Lipinski definition) is 1. The summed E-state index contributed by atoms with van der Waals surface area (Å²) in [5, 5.41) is 3.56. The molecule has 3 heteroatoms. The van der Waals surface area contributed by atoms with Crippen LogP contribution >= 0.6 is 0 Å². The summed E-state index contributed by atoms with van der Waals surface area (Å²) in [6, 6.07) is 7.19. The average Bonchev–Trinajstić information content (AvgIpc) is 2.44. The third kappa shape index (κ3) is 4.59.